The summed E-state index contributed by atoms with van der Waals surface area (Å²) < 4.78 is 14.4. The highest BCUT2D eigenvalue weighted by molar-refractivity contribution is 9.10. The van der Waals surface area contributed by atoms with Crippen molar-refractivity contribution < 1.29 is 4.39 Å². The maximum Gasteiger partial charge on any atom is 0.129 e. The van der Waals surface area contributed by atoms with E-state index in [2.05, 4.69) is 15.9 Å². The Morgan fingerprint density at radius 2 is 1.79 bits per heavy atom. The van der Waals surface area contributed by atoms with Crippen LogP contribution in [-0.4, -0.2) is 0 Å². The summed E-state index contributed by atoms with van der Waals surface area (Å²) >= 11 is 21.5. The molecule has 19 heavy (non-hydrogen) atoms. The first-order chi connectivity index (χ1) is 8.90. The smallest absolute Gasteiger partial charge is 0.129 e. The molecule has 2 aromatic carbocycles. The Kier molecular flexibility index (Phi) is 4.78. The van der Waals surface area contributed by atoms with Gasteiger partial charge in [-0.05, 0) is 52.2 Å². The maximum atomic E-state index is 13.9. The molecule has 5 heteroatoms. The van der Waals surface area contributed by atoms with Gasteiger partial charge in [-0.15, -0.1) is 11.6 Å². The Balaban J connectivity index is 2.46. The van der Waals surface area contributed by atoms with Gasteiger partial charge < -0.3 is 0 Å². The second kappa shape index (κ2) is 6.01. The first-order valence-corrected chi connectivity index (χ1v) is 7.43. The Morgan fingerprint density at radius 3 is 2.42 bits per heavy atom. The third-order valence-electron chi connectivity index (χ3n) is 2.80. The Labute approximate surface area is 134 Å². The van der Waals surface area contributed by atoms with Gasteiger partial charge in [0, 0.05) is 15.1 Å². The third-order valence-corrected chi connectivity index (χ3v) is 4.89. The lowest BCUT2D eigenvalue weighted by Crippen LogP contribution is -1.98. The Bertz CT molecular complexity index is 628. The zero-order valence-corrected chi connectivity index (χ0v) is 13.7. The third kappa shape index (κ3) is 3.25. The van der Waals surface area contributed by atoms with Crippen molar-refractivity contribution in [3.63, 3.8) is 0 Å². The summed E-state index contributed by atoms with van der Waals surface area (Å²) in [6, 6.07) is 8.25. The number of benzene rings is 2. The van der Waals surface area contributed by atoms with E-state index in [4.69, 9.17) is 34.8 Å². The van der Waals surface area contributed by atoms with E-state index in [0.717, 1.165) is 11.1 Å². The average Bonchev–Trinajstić information content (AvgIpc) is 2.36. The SMILES string of the molecule is Cc1ccc(C(Cl)c2cc(Cl)c(Br)cc2F)cc1Cl. The molecule has 1 atom stereocenters. The molecule has 0 aliphatic carbocycles. The lowest BCUT2D eigenvalue weighted by Gasteiger charge is -2.13. The number of rotatable bonds is 2. The van der Waals surface area contributed by atoms with Gasteiger partial charge in [-0.1, -0.05) is 35.3 Å². The normalized spacial score (nSPS) is 12.5. The van der Waals surface area contributed by atoms with E-state index in [-0.39, 0.29) is 0 Å². The maximum absolute atomic E-state index is 13.9. The van der Waals surface area contributed by atoms with Crippen LogP contribution in [0.2, 0.25) is 10.0 Å². The fourth-order valence-electron chi connectivity index (χ4n) is 1.68. The predicted molar refractivity (Wildman–Crippen MR) is 83.0 cm³/mol. The van der Waals surface area contributed by atoms with Crippen LogP contribution in [-0.2, 0) is 0 Å². The van der Waals surface area contributed by atoms with Crippen LogP contribution in [0.3, 0.4) is 0 Å². The predicted octanol–water partition coefficient (Wildman–Crippen LogP) is 6.53. The summed E-state index contributed by atoms with van der Waals surface area (Å²) in [5.74, 6) is -0.409. The highest BCUT2D eigenvalue weighted by Gasteiger charge is 2.18. The molecule has 100 valence electrons. The molecular formula is C14H9BrCl3F. The van der Waals surface area contributed by atoms with Gasteiger partial charge in [-0.2, -0.15) is 0 Å². The molecule has 2 rings (SSSR count). The Morgan fingerprint density at radius 1 is 1.11 bits per heavy atom. The van der Waals surface area contributed by atoms with Crippen molar-refractivity contribution in [3.8, 4) is 0 Å². The van der Waals surface area contributed by atoms with Crippen LogP contribution in [0.4, 0.5) is 4.39 Å². The van der Waals surface area contributed by atoms with Crippen molar-refractivity contribution in [1.82, 2.24) is 0 Å². The number of hydrogen-bond acceptors (Lipinski definition) is 0. The number of alkyl halides is 1. The van der Waals surface area contributed by atoms with Gasteiger partial charge in [0.25, 0.3) is 0 Å². The van der Waals surface area contributed by atoms with Crippen LogP contribution in [0.1, 0.15) is 22.1 Å². The van der Waals surface area contributed by atoms with E-state index in [1.54, 1.807) is 6.07 Å². The monoisotopic (exact) mass is 380 g/mol. The summed E-state index contributed by atoms with van der Waals surface area (Å²) in [5, 5.41) is 0.385. The lowest BCUT2D eigenvalue weighted by atomic mass is 10.0. The minimum Gasteiger partial charge on any atom is -0.207 e. The number of hydrogen-bond donors (Lipinski definition) is 0. The summed E-state index contributed by atoms with van der Waals surface area (Å²) in [6.07, 6.45) is 0. The van der Waals surface area contributed by atoms with E-state index >= 15 is 0 Å². The van der Waals surface area contributed by atoms with E-state index in [1.165, 1.54) is 12.1 Å². The molecule has 2 aromatic rings. The lowest BCUT2D eigenvalue weighted by molar-refractivity contribution is 0.611. The van der Waals surface area contributed by atoms with Gasteiger partial charge in [0.1, 0.15) is 5.82 Å². The molecule has 0 aliphatic rings. The van der Waals surface area contributed by atoms with Crippen LogP contribution in [0, 0.1) is 12.7 Å². The second-order valence-electron chi connectivity index (χ2n) is 4.16. The summed E-state index contributed by atoms with van der Waals surface area (Å²) in [4.78, 5) is 0. The molecule has 0 radical (unpaired) electrons. The van der Waals surface area contributed by atoms with Crippen LogP contribution < -0.4 is 0 Å². The van der Waals surface area contributed by atoms with Crippen molar-refractivity contribution in [2.45, 2.75) is 12.3 Å². The van der Waals surface area contributed by atoms with Crippen LogP contribution in [0.25, 0.3) is 0 Å². The summed E-state index contributed by atoms with van der Waals surface area (Å²) in [7, 11) is 0. The average molecular weight is 382 g/mol. The molecule has 0 amide bonds. The molecule has 0 aromatic heterocycles. The Hall–Kier alpha value is -0.280. The quantitative estimate of drug-likeness (QED) is 0.409. The van der Waals surface area contributed by atoms with Crippen molar-refractivity contribution >= 4 is 50.7 Å². The molecule has 0 spiro atoms. The standard InChI is InChI=1S/C14H9BrCl3F/c1-7-2-3-8(4-11(7)16)14(18)9-5-12(17)10(15)6-13(9)19/h2-6,14H,1H3. The zero-order valence-electron chi connectivity index (χ0n) is 9.85. The highest BCUT2D eigenvalue weighted by Crippen LogP contribution is 2.36. The van der Waals surface area contributed by atoms with Gasteiger partial charge >= 0.3 is 0 Å². The second-order valence-corrected chi connectivity index (χ2v) is 6.26. The summed E-state index contributed by atoms with van der Waals surface area (Å²) in [6.45, 7) is 1.90. The van der Waals surface area contributed by atoms with Crippen molar-refractivity contribution in [1.29, 1.82) is 0 Å². The molecule has 0 saturated carbocycles. The molecule has 0 nitrogen and oxygen atoms in total. The molecular weight excluding hydrogens is 373 g/mol. The topological polar surface area (TPSA) is 0 Å². The van der Waals surface area contributed by atoms with Crippen molar-refractivity contribution in [3.05, 3.63) is 67.4 Å². The highest BCUT2D eigenvalue weighted by atomic mass is 79.9. The molecule has 0 saturated heterocycles. The molecule has 0 N–H and O–H groups in total. The van der Waals surface area contributed by atoms with Crippen LogP contribution in [0.5, 0.6) is 0 Å². The van der Waals surface area contributed by atoms with Gasteiger partial charge in [0.2, 0.25) is 0 Å². The van der Waals surface area contributed by atoms with E-state index in [9.17, 15) is 4.39 Å². The number of halogens is 5. The zero-order chi connectivity index (χ0) is 14.2. The molecule has 0 aliphatic heterocycles. The summed E-state index contributed by atoms with van der Waals surface area (Å²) in [5.41, 5.74) is 2.01. The van der Waals surface area contributed by atoms with E-state index in [1.807, 2.05) is 19.1 Å². The first-order valence-electron chi connectivity index (χ1n) is 5.44. The number of aryl methyl sites for hydroxylation is 1. The first kappa shape index (κ1) is 15.1. The van der Waals surface area contributed by atoms with Crippen molar-refractivity contribution in [2.75, 3.05) is 0 Å². The van der Waals surface area contributed by atoms with Gasteiger partial charge in [-0.3, -0.25) is 0 Å². The minimum absolute atomic E-state index is 0.329. The molecule has 0 heterocycles. The van der Waals surface area contributed by atoms with E-state index in [0.29, 0.717) is 20.1 Å². The van der Waals surface area contributed by atoms with Gasteiger partial charge in [0.05, 0.1) is 10.4 Å². The van der Waals surface area contributed by atoms with Gasteiger partial charge in [-0.25, -0.2) is 4.39 Å². The molecule has 1 unspecified atom stereocenters. The molecule has 0 bridgehead atoms. The fraction of sp³-hybridized carbons (Fsp3) is 0.143. The molecule has 0 fully saturated rings. The fourth-order valence-corrected chi connectivity index (χ4v) is 2.66. The largest absolute Gasteiger partial charge is 0.207 e. The van der Waals surface area contributed by atoms with E-state index < -0.39 is 11.2 Å². The van der Waals surface area contributed by atoms with Crippen LogP contribution in [0.15, 0.2) is 34.8 Å². The van der Waals surface area contributed by atoms with Gasteiger partial charge in [0.15, 0.2) is 0 Å². The van der Waals surface area contributed by atoms with Crippen molar-refractivity contribution in [2.24, 2.45) is 0 Å². The van der Waals surface area contributed by atoms with Crippen LogP contribution >= 0.6 is 50.7 Å². The minimum atomic E-state index is -0.635.